The molecule has 2 nitrogen and oxygen atoms in total. The van der Waals surface area contributed by atoms with Crippen molar-refractivity contribution in [2.24, 2.45) is 5.92 Å². The molecule has 1 saturated heterocycles. The fourth-order valence-corrected chi connectivity index (χ4v) is 3.57. The molecule has 0 bridgehead atoms. The van der Waals surface area contributed by atoms with Gasteiger partial charge in [0.25, 0.3) is 0 Å². The first kappa shape index (κ1) is 16.1. The number of likely N-dealkylation sites (tertiary alicyclic amines) is 1. The number of hydrogen-bond acceptors (Lipinski definition) is 3. The summed E-state index contributed by atoms with van der Waals surface area (Å²) in [6, 6.07) is 4.03. The topological polar surface area (TPSA) is 15.3 Å². The van der Waals surface area contributed by atoms with Crippen LogP contribution in [0.4, 0.5) is 13.2 Å². The molecule has 7 heteroatoms. The summed E-state index contributed by atoms with van der Waals surface area (Å²) < 4.78 is 37.7. The molecule has 0 spiro atoms. The van der Waals surface area contributed by atoms with Crippen molar-refractivity contribution >= 4 is 22.9 Å². The molecule has 1 fully saturated rings. The molecule has 1 aromatic heterocycles. The molecule has 0 aliphatic carbocycles. The Morgan fingerprint density at radius 3 is 2.85 bits per heavy atom. The quantitative estimate of drug-likeness (QED) is 0.881. The maximum Gasteiger partial charge on any atom is 0.401 e. The van der Waals surface area contributed by atoms with Crippen molar-refractivity contribution in [3.63, 3.8) is 0 Å². The first-order valence-electron chi connectivity index (χ1n) is 6.61. The maximum atomic E-state index is 12.3. The van der Waals surface area contributed by atoms with Crippen LogP contribution in [-0.2, 0) is 0 Å². The zero-order valence-electron chi connectivity index (χ0n) is 11.2. The van der Waals surface area contributed by atoms with E-state index in [1.807, 2.05) is 19.1 Å². The van der Waals surface area contributed by atoms with Crippen molar-refractivity contribution < 1.29 is 13.2 Å². The highest BCUT2D eigenvalue weighted by atomic mass is 35.5. The molecule has 0 radical (unpaired) electrons. The third kappa shape index (κ3) is 4.91. The number of halogens is 4. The molecule has 0 amide bonds. The van der Waals surface area contributed by atoms with Gasteiger partial charge >= 0.3 is 6.18 Å². The highest BCUT2D eigenvalue weighted by molar-refractivity contribution is 7.16. The normalized spacial score (nSPS) is 22.4. The lowest BCUT2D eigenvalue weighted by atomic mass is 10.1. The van der Waals surface area contributed by atoms with Crippen LogP contribution in [0.15, 0.2) is 12.1 Å². The first-order chi connectivity index (χ1) is 9.33. The summed E-state index contributed by atoms with van der Waals surface area (Å²) in [5.74, 6) is 0.287. The van der Waals surface area contributed by atoms with E-state index >= 15 is 0 Å². The maximum absolute atomic E-state index is 12.3. The second-order valence-electron chi connectivity index (χ2n) is 5.28. The van der Waals surface area contributed by atoms with Gasteiger partial charge in [0, 0.05) is 17.5 Å². The van der Waals surface area contributed by atoms with Crippen molar-refractivity contribution in [3.8, 4) is 0 Å². The van der Waals surface area contributed by atoms with Crippen molar-refractivity contribution in [2.45, 2.75) is 25.6 Å². The average Bonchev–Trinajstić information content (AvgIpc) is 2.93. The molecule has 2 rings (SSSR count). The van der Waals surface area contributed by atoms with Crippen LogP contribution in [-0.4, -0.2) is 37.3 Å². The van der Waals surface area contributed by atoms with Crippen molar-refractivity contribution in [1.82, 2.24) is 10.2 Å². The van der Waals surface area contributed by atoms with Crippen LogP contribution in [0, 0.1) is 5.92 Å². The van der Waals surface area contributed by atoms with E-state index in [0.29, 0.717) is 13.1 Å². The minimum absolute atomic E-state index is 0.184. The predicted molar refractivity (Wildman–Crippen MR) is 76.3 cm³/mol. The summed E-state index contributed by atoms with van der Waals surface area (Å²) in [7, 11) is 0. The Morgan fingerprint density at radius 2 is 2.25 bits per heavy atom. The smallest absolute Gasteiger partial charge is 0.309 e. The molecule has 1 aliphatic rings. The fourth-order valence-electron chi connectivity index (χ4n) is 2.48. The summed E-state index contributed by atoms with van der Waals surface area (Å²) in [6.07, 6.45) is -3.27. The highest BCUT2D eigenvalue weighted by Crippen LogP contribution is 2.27. The standard InChI is InChI=1S/C13H18ClF3N2S/c1-9(11-2-3-12(14)20-11)18-6-10-4-5-19(7-10)8-13(15,16)17/h2-3,9-10,18H,4-8H2,1H3. The number of rotatable bonds is 5. The molecule has 2 atom stereocenters. The first-order valence-corrected chi connectivity index (χ1v) is 7.80. The second kappa shape index (κ2) is 6.64. The van der Waals surface area contributed by atoms with E-state index in [9.17, 15) is 13.2 Å². The number of nitrogens with zero attached hydrogens (tertiary/aromatic N) is 1. The third-order valence-electron chi connectivity index (χ3n) is 3.51. The Balaban J connectivity index is 1.73. The largest absolute Gasteiger partial charge is 0.401 e. The van der Waals surface area contributed by atoms with E-state index in [0.717, 1.165) is 22.2 Å². The van der Waals surface area contributed by atoms with Gasteiger partial charge in [0.05, 0.1) is 10.9 Å². The van der Waals surface area contributed by atoms with E-state index in [1.54, 1.807) is 0 Å². The van der Waals surface area contributed by atoms with Crippen molar-refractivity contribution in [1.29, 1.82) is 0 Å². The minimum Gasteiger partial charge on any atom is -0.309 e. The van der Waals surface area contributed by atoms with Gasteiger partial charge in [-0.3, -0.25) is 4.90 Å². The zero-order chi connectivity index (χ0) is 14.8. The van der Waals surface area contributed by atoms with Gasteiger partial charge in [-0.15, -0.1) is 11.3 Å². The summed E-state index contributed by atoms with van der Waals surface area (Å²) in [5, 5.41) is 3.38. The van der Waals surface area contributed by atoms with Crippen molar-refractivity contribution in [2.75, 3.05) is 26.2 Å². The van der Waals surface area contributed by atoms with Crippen LogP contribution in [0.3, 0.4) is 0 Å². The van der Waals surface area contributed by atoms with E-state index in [1.165, 1.54) is 16.2 Å². The second-order valence-corrected chi connectivity index (χ2v) is 7.02. The highest BCUT2D eigenvalue weighted by Gasteiger charge is 2.34. The summed E-state index contributed by atoms with van der Waals surface area (Å²) >= 11 is 7.42. The molecular formula is C13H18ClF3N2S. The summed E-state index contributed by atoms with van der Waals surface area (Å²) in [6.45, 7) is 3.05. The molecule has 2 unspecified atom stereocenters. The van der Waals surface area contributed by atoms with Gasteiger partial charge in [0.2, 0.25) is 0 Å². The van der Waals surface area contributed by atoms with E-state index in [2.05, 4.69) is 5.32 Å². The van der Waals surface area contributed by atoms with E-state index < -0.39 is 12.7 Å². The molecule has 0 aromatic carbocycles. The SMILES string of the molecule is CC(NCC1CCN(CC(F)(F)F)C1)c1ccc(Cl)s1. The molecule has 20 heavy (non-hydrogen) atoms. The monoisotopic (exact) mass is 326 g/mol. The molecular weight excluding hydrogens is 309 g/mol. The Labute approximate surface area is 125 Å². The number of alkyl halides is 3. The molecule has 2 heterocycles. The van der Waals surface area contributed by atoms with Crippen molar-refractivity contribution in [3.05, 3.63) is 21.3 Å². The Hall–Kier alpha value is -0.300. The van der Waals surface area contributed by atoms with Gasteiger partial charge in [-0.05, 0) is 44.5 Å². The third-order valence-corrected chi connectivity index (χ3v) is 4.92. The van der Waals surface area contributed by atoms with Gasteiger partial charge in [0.15, 0.2) is 0 Å². The molecule has 1 aromatic rings. The number of thiophene rings is 1. The minimum atomic E-state index is -4.09. The van der Waals surface area contributed by atoms with E-state index in [-0.39, 0.29) is 12.0 Å². The molecule has 114 valence electrons. The summed E-state index contributed by atoms with van der Waals surface area (Å²) in [5.41, 5.74) is 0. The Bertz CT molecular complexity index is 435. The lowest BCUT2D eigenvalue weighted by Crippen LogP contribution is -2.34. The van der Waals surface area contributed by atoms with Crippen LogP contribution in [0.25, 0.3) is 0 Å². The van der Waals surface area contributed by atoms with Gasteiger partial charge in [-0.2, -0.15) is 13.2 Å². The van der Waals surface area contributed by atoms with E-state index in [4.69, 9.17) is 11.6 Å². The number of hydrogen-bond donors (Lipinski definition) is 1. The molecule has 1 N–H and O–H groups in total. The molecule has 0 saturated carbocycles. The van der Waals surface area contributed by atoms with Crippen LogP contribution in [0.1, 0.15) is 24.3 Å². The fraction of sp³-hybridized carbons (Fsp3) is 0.692. The predicted octanol–water partition coefficient (Wildman–Crippen LogP) is 3.94. The Kier molecular flexibility index (Phi) is 5.34. The lowest BCUT2D eigenvalue weighted by molar-refractivity contribution is -0.143. The molecule has 1 aliphatic heterocycles. The lowest BCUT2D eigenvalue weighted by Gasteiger charge is -2.19. The zero-order valence-corrected chi connectivity index (χ0v) is 12.8. The Morgan fingerprint density at radius 1 is 1.50 bits per heavy atom. The van der Waals surface area contributed by atoms with Gasteiger partial charge in [0.1, 0.15) is 0 Å². The average molecular weight is 327 g/mol. The van der Waals surface area contributed by atoms with Crippen LogP contribution < -0.4 is 5.32 Å². The van der Waals surface area contributed by atoms with Crippen LogP contribution >= 0.6 is 22.9 Å². The van der Waals surface area contributed by atoms with Gasteiger partial charge in [-0.25, -0.2) is 0 Å². The van der Waals surface area contributed by atoms with Crippen LogP contribution in [0.2, 0.25) is 4.34 Å². The van der Waals surface area contributed by atoms with Gasteiger partial charge in [-0.1, -0.05) is 11.6 Å². The van der Waals surface area contributed by atoms with Crippen LogP contribution in [0.5, 0.6) is 0 Å². The number of nitrogens with one attached hydrogen (secondary N) is 1. The summed E-state index contributed by atoms with van der Waals surface area (Å²) in [4.78, 5) is 2.64. The van der Waals surface area contributed by atoms with Gasteiger partial charge < -0.3 is 5.32 Å².